The Balaban J connectivity index is 1.57. The van der Waals surface area contributed by atoms with E-state index in [-0.39, 0.29) is 11.8 Å². The van der Waals surface area contributed by atoms with Gasteiger partial charge in [-0.1, -0.05) is 43.7 Å². The Morgan fingerprint density at radius 1 is 1.12 bits per heavy atom. The summed E-state index contributed by atoms with van der Waals surface area (Å²) in [7, 11) is 0. The van der Waals surface area contributed by atoms with Gasteiger partial charge in [0.15, 0.2) is 0 Å². The molecule has 0 heterocycles. The predicted octanol–water partition coefficient (Wildman–Crippen LogP) is 4.54. The van der Waals surface area contributed by atoms with Crippen LogP contribution in [0.4, 0.5) is 5.69 Å². The third-order valence-electron chi connectivity index (χ3n) is 5.57. The van der Waals surface area contributed by atoms with E-state index in [0.717, 1.165) is 30.5 Å². The second-order valence-electron chi connectivity index (χ2n) is 7.89. The SMILES string of the molecule is CC(C)c1ccccc1NC(=O)C1(C(=O)NCCC2=CCCCC2)CC1. The molecule has 0 saturated heterocycles. The molecule has 0 bridgehead atoms. The molecule has 2 aliphatic carbocycles. The quantitative estimate of drug-likeness (QED) is 0.558. The summed E-state index contributed by atoms with van der Waals surface area (Å²) in [5.41, 5.74) is 2.49. The molecule has 2 amide bonds. The van der Waals surface area contributed by atoms with E-state index < -0.39 is 5.41 Å². The number of hydrogen-bond acceptors (Lipinski definition) is 2. The molecule has 1 fully saturated rings. The standard InChI is InChI=1S/C22H30N2O2/c1-16(2)18-10-6-7-11-19(18)24-21(26)22(13-14-22)20(25)23-15-12-17-8-4-3-5-9-17/h6-8,10-11,16H,3-5,9,12-15H2,1-2H3,(H,23,25)(H,24,26). The van der Waals surface area contributed by atoms with Gasteiger partial charge in [-0.05, 0) is 62.5 Å². The first-order chi connectivity index (χ1) is 12.5. The van der Waals surface area contributed by atoms with Crippen molar-refractivity contribution in [2.45, 2.75) is 64.7 Å². The van der Waals surface area contributed by atoms with Crippen molar-refractivity contribution < 1.29 is 9.59 Å². The number of allylic oxidation sites excluding steroid dienone is 1. The average Bonchev–Trinajstić information content (AvgIpc) is 3.45. The molecular formula is C22H30N2O2. The molecule has 4 nitrogen and oxygen atoms in total. The highest BCUT2D eigenvalue weighted by Crippen LogP contribution is 2.47. The van der Waals surface area contributed by atoms with E-state index >= 15 is 0 Å². The van der Waals surface area contributed by atoms with Gasteiger partial charge in [-0.3, -0.25) is 9.59 Å². The molecule has 3 rings (SSSR count). The largest absolute Gasteiger partial charge is 0.355 e. The molecule has 2 aliphatic rings. The Labute approximate surface area is 156 Å². The lowest BCUT2D eigenvalue weighted by atomic mass is 9.97. The van der Waals surface area contributed by atoms with Gasteiger partial charge in [-0.25, -0.2) is 0 Å². The lowest BCUT2D eigenvalue weighted by molar-refractivity contribution is -0.134. The molecule has 0 atom stereocenters. The molecule has 0 radical (unpaired) electrons. The molecule has 1 aromatic carbocycles. The topological polar surface area (TPSA) is 58.2 Å². The smallest absolute Gasteiger partial charge is 0.240 e. The zero-order chi connectivity index (χ0) is 18.6. The number of para-hydroxylation sites is 1. The van der Waals surface area contributed by atoms with Crippen LogP contribution in [0.3, 0.4) is 0 Å². The third-order valence-corrected chi connectivity index (χ3v) is 5.57. The van der Waals surface area contributed by atoms with Gasteiger partial charge in [-0.15, -0.1) is 0 Å². The summed E-state index contributed by atoms with van der Waals surface area (Å²) in [6.07, 6.45) is 9.31. The zero-order valence-corrected chi connectivity index (χ0v) is 15.9. The van der Waals surface area contributed by atoms with Crippen molar-refractivity contribution in [1.82, 2.24) is 5.32 Å². The van der Waals surface area contributed by atoms with E-state index in [1.165, 1.54) is 18.4 Å². The first-order valence-corrected chi connectivity index (χ1v) is 9.89. The molecule has 0 aromatic heterocycles. The van der Waals surface area contributed by atoms with Crippen molar-refractivity contribution in [3.05, 3.63) is 41.5 Å². The molecule has 26 heavy (non-hydrogen) atoms. The highest BCUT2D eigenvalue weighted by Gasteiger charge is 2.56. The van der Waals surface area contributed by atoms with Gasteiger partial charge in [0.2, 0.25) is 11.8 Å². The molecular weight excluding hydrogens is 324 g/mol. The first-order valence-electron chi connectivity index (χ1n) is 9.89. The summed E-state index contributed by atoms with van der Waals surface area (Å²) in [4.78, 5) is 25.4. The van der Waals surface area contributed by atoms with Crippen LogP contribution in [0.5, 0.6) is 0 Å². The minimum absolute atomic E-state index is 0.117. The fourth-order valence-electron chi connectivity index (χ4n) is 3.68. The fraction of sp³-hybridized carbons (Fsp3) is 0.545. The number of carbonyl (C=O) groups is 2. The van der Waals surface area contributed by atoms with Crippen LogP contribution in [-0.2, 0) is 9.59 Å². The predicted molar refractivity (Wildman–Crippen MR) is 105 cm³/mol. The minimum atomic E-state index is -0.870. The molecule has 4 heteroatoms. The van der Waals surface area contributed by atoms with Crippen molar-refractivity contribution in [3.8, 4) is 0 Å². The van der Waals surface area contributed by atoms with E-state index in [1.807, 2.05) is 24.3 Å². The van der Waals surface area contributed by atoms with Gasteiger partial charge >= 0.3 is 0 Å². The zero-order valence-electron chi connectivity index (χ0n) is 15.9. The summed E-state index contributed by atoms with van der Waals surface area (Å²) in [6, 6.07) is 7.83. The Morgan fingerprint density at radius 2 is 1.88 bits per heavy atom. The molecule has 0 aliphatic heterocycles. The summed E-state index contributed by atoms with van der Waals surface area (Å²) in [5, 5.41) is 6.00. The number of anilines is 1. The van der Waals surface area contributed by atoms with Crippen LogP contribution in [0, 0.1) is 5.41 Å². The summed E-state index contributed by atoms with van der Waals surface area (Å²) >= 11 is 0. The van der Waals surface area contributed by atoms with Crippen molar-refractivity contribution in [2.75, 3.05) is 11.9 Å². The van der Waals surface area contributed by atoms with Gasteiger partial charge in [0.25, 0.3) is 0 Å². The van der Waals surface area contributed by atoms with Crippen molar-refractivity contribution in [1.29, 1.82) is 0 Å². The van der Waals surface area contributed by atoms with Gasteiger partial charge < -0.3 is 10.6 Å². The third kappa shape index (κ3) is 4.17. The van der Waals surface area contributed by atoms with Crippen LogP contribution < -0.4 is 10.6 Å². The minimum Gasteiger partial charge on any atom is -0.355 e. The summed E-state index contributed by atoms with van der Waals surface area (Å²) in [5.74, 6) is 0.0349. The summed E-state index contributed by atoms with van der Waals surface area (Å²) in [6.45, 7) is 4.83. The number of amides is 2. The van der Waals surface area contributed by atoms with E-state index in [2.05, 4.69) is 30.6 Å². The average molecular weight is 354 g/mol. The van der Waals surface area contributed by atoms with Gasteiger partial charge in [0, 0.05) is 12.2 Å². The number of nitrogens with one attached hydrogen (secondary N) is 2. The van der Waals surface area contributed by atoms with Gasteiger partial charge in [-0.2, -0.15) is 0 Å². The van der Waals surface area contributed by atoms with Crippen LogP contribution in [0.15, 0.2) is 35.9 Å². The van der Waals surface area contributed by atoms with Crippen molar-refractivity contribution in [3.63, 3.8) is 0 Å². The Morgan fingerprint density at radius 3 is 2.54 bits per heavy atom. The molecule has 1 aromatic rings. The maximum Gasteiger partial charge on any atom is 0.240 e. The van der Waals surface area contributed by atoms with Crippen molar-refractivity contribution in [2.24, 2.45) is 5.41 Å². The summed E-state index contributed by atoms with van der Waals surface area (Å²) < 4.78 is 0. The van der Waals surface area contributed by atoms with Gasteiger partial charge in [0.05, 0.1) is 0 Å². The monoisotopic (exact) mass is 354 g/mol. The number of carbonyl (C=O) groups excluding carboxylic acids is 2. The van der Waals surface area contributed by atoms with E-state index in [4.69, 9.17) is 0 Å². The maximum absolute atomic E-state index is 12.8. The van der Waals surface area contributed by atoms with Crippen LogP contribution in [-0.4, -0.2) is 18.4 Å². The second-order valence-corrected chi connectivity index (χ2v) is 7.89. The Kier molecular flexibility index (Phi) is 5.80. The number of hydrogen-bond donors (Lipinski definition) is 2. The number of rotatable bonds is 7. The maximum atomic E-state index is 12.8. The normalized spacial score (nSPS) is 18.2. The molecule has 140 valence electrons. The highest BCUT2D eigenvalue weighted by atomic mass is 16.2. The second kappa shape index (κ2) is 8.07. The lowest BCUT2D eigenvalue weighted by Gasteiger charge is -2.19. The van der Waals surface area contributed by atoms with E-state index in [0.29, 0.717) is 25.3 Å². The van der Waals surface area contributed by atoms with Crippen LogP contribution in [0.2, 0.25) is 0 Å². The molecule has 2 N–H and O–H groups in total. The molecule has 1 saturated carbocycles. The van der Waals surface area contributed by atoms with Crippen molar-refractivity contribution >= 4 is 17.5 Å². The lowest BCUT2D eigenvalue weighted by Crippen LogP contribution is -2.40. The fourth-order valence-corrected chi connectivity index (χ4v) is 3.68. The number of benzene rings is 1. The van der Waals surface area contributed by atoms with Crippen LogP contribution in [0.1, 0.15) is 70.3 Å². The van der Waals surface area contributed by atoms with Crippen LogP contribution in [0.25, 0.3) is 0 Å². The van der Waals surface area contributed by atoms with E-state index in [9.17, 15) is 9.59 Å². The Bertz CT molecular complexity index is 702. The molecule has 0 spiro atoms. The Hall–Kier alpha value is -2.10. The first kappa shape index (κ1) is 18.7. The van der Waals surface area contributed by atoms with E-state index in [1.54, 1.807) is 0 Å². The molecule has 0 unspecified atom stereocenters. The van der Waals surface area contributed by atoms with Crippen LogP contribution >= 0.6 is 0 Å². The highest BCUT2D eigenvalue weighted by molar-refractivity contribution is 6.13. The van der Waals surface area contributed by atoms with Gasteiger partial charge in [0.1, 0.15) is 5.41 Å².